The highest BCUT2D eigenvalue weighted by molar-refractivity contribution is 6.23. The van der Waals surface area contributed by atoms with Crippen molar-refractivity contribution in [3.63, 3.8) is 0 Å². The maximum Gasteiger partial charge on any atom is 0.416 e. The van der Waals surface area contributed by atoms with E-state index in [2.05, 4.69) is 4.98 Å². The fourth-order valence-corrected chi connectivity index (χ4v) is 3.50. The van der Waals surface area contributed by atoms with Gasteiger partial charge in [0.25, 0.3) is 0 Å². The molecular formula is C20H16F3N3O2. The minimum Gasteiger partial charge on any atom is -0.368 e. The van der Waals surface area contributed by atoms with Crippen LogP contribution in [0.4, 0.5) is 18.9 Å². The fourth-order valence-electron chi connectivity index (χ4n) is 3.50. The zero-order valence-corrected chi connectivity index (χ0v) is 14.7. The quantitative estimate of drug-likeness (QED) is 0.792. The number of anilines is 1. The lowest BCUT2D eigenvalue weighted by Gasteiger charge is -2.38. The number of benzene rings is 1. The first kappa shape index (κ1) is 18.2. The minimum atomic E-state index is -4.39. The van der Waals surface area contributed by atoms with Crippen LogP contribution in [-0.2, 0) is 6.18 Å². The van der Waals surface area contributed by atoms with Crippen LogP contribution >= 0.6 is 0 Å². The topological polar surface area (TPSA) is 53.5 Å². The molecule has 1 aromatic carbocycles. The molecule has 0 saturated carbocycles. The van der Waals surface area contributed by atoms with Gasteiger partial charge in [-0.15, -0.1) is 0 Å². The molecule has 1 saturated heterocycles. The summed E-state index contributed by atoms with van der Waals surface area (Å²) in [6.07, 6.45) is -1.62. The lowest BCUT2D eigenvalue weighted by Crippen LogP contribution is -2.47. The van der Waals surface area contributed by atoms with Crippen LogP contribution in [-0.4, -0.2) is 47.6 Å². The predicted molar refractivity (Wildman–Crippen MR) is 96.2 cm³/mol. The number of aromatic nitrogens is 1. The van der Waals surface area contributed by atoms with Gasteiger partial charge in [0.1, 0.15) is 5.69 Å². The number of carbonyl (C=O) groups is 2. The van der Waals surface area contributed by atoms with Crippen LogP contribution in [0.5, 0.6) is 0 Å². The molecule has 0 spiro atoms. The van der Waals surface area contributed by atoms with E-state index in [-0.39, 0.29) is 22.8 Å². The third-order valence-corrected chi connectivity index (χ3v) is 4.95. The first-order valence-electron chi connectivity index (χ1n) is 8.77. The Balaban J connectivity index is 1.50. The number of carbonyl (C=O) groups excluding carboxylic acids is 2. The van der Waals surface area contributed by atoms with Gasteiger partial charge in [-0.2, -0.15) is 13.2 Å². The summed E-state index contributed by atoms with van der Waals surface area (Å²) >= 11 is 0. The van der Waals surface area contributed by atoms with Crippen molar-refractivity contribution in [2.75, 3.05) is 31.1 Å². The Labute approximate surface area is 159 Å². The Hall–Kier alpha value is -3.16. The van der Waals surface area contributed by atoms with Gasteiger partial charge >= 0.3 is 6.18 Å². The molecule has 1 aliphatic heterocycles. The minimum absolute atomic E-state index is 0.152. The van der Waals surface area contributed by atoms with Gasteiger partial charge in [0.2, 0.25) is 11.6 Å². The second-order valence-electron chi connectivity index (χ2n) is 6.64. The molecule has 0 amide bonds. The van der Waals surface area contributed by atoms with E-state index in [4.69, 9.17) is 0 Å². The van der Waals surface area contributed by atoms with Crippen LogP contribution in [0, 0.1) is 0 Å². The zero-order valence-electron chi connectivity index (χ0n) is 14.7. The van der Waals surface area contributed by atoms with Crippen LogP contribution in [0.1, 0.15) is 26.4 Å². The van der Waals surface area contributed by atoms with Gasteiger partial charge in [0.15, 0.2) is 0 Å². The normalized spacial score (nSPS) is 17.5. The third kappa shape index (κ3) is 3.26. The Bertz CT molecular complexity index is 977. The van der Waals surface area contributed by atoms with E-state index >= 15 is 0 Å². The summed E-state index contributed by atoms with van der Waals surface area (Å²) in [5.74, 6) is -0.569. The standard InChI is InChI=1S/C20H16F3N3O2/c21-20(22,23)13-3-1-4-14(11-13)25-7-9-26(10-8-25)16-12-17(27)18-15(19(16)28)5-2-6-24-18/h1-6,11-12H,7-10H2. The SMILES string of the molecule is O=C1C(N2CCN(c3cccc(C(F)(F)F)c3)CC2)=CC(=O)c2ncccc21. The van der Waals surface area contributed by atoms with Gasteiger partial charge < -0.3 is 9.80 Å². The molecule has 1 aromatic heterocycles. The smallest absolute Gasteiger partial charge is 0.368 e. The monoisotopic (exact) mass is 387 g/mol. The highest BCUT2D eigenvalue weighted by atomic mass is 19.4. The number of halogens is 3. The number of hydrogen-bond donors (Lipinski definition) is 0. The number of ketones is 2. The Morgan fingerprint density at radius 1 is 0.929 bits per heavy atom. The molecule has 0 bridgehead atoms. The molecule has 1 fully saturated rings. The summed E-state index contributed by atoms with van der Waals surface area (Å²) in [5, 5.41) is 0. The molecule has 144 valence electrons. The van der Waals surface area contributed by atoms with Gasteiger partial charge in [-0.1, -0.05) is 6.07 Å². The largest absolute Gasteiger partial charge is 0.416 e. The van der Waals surface area contributed by atoms with E-state index in [9.17, 15) is 22.8 Å². The van der Waals surface area contributed by atoms with Gasteiger partial charge in [-0.25, -0.2) is 0 Å². The van der Waals surface area contributed by atoms with Crippen molar-refractivity contribution >= 4 is 17.3 Å². The molecule has 2 aliphatic rings. The number of nitrogens with zero attached hydrogens (tertiary/aromatic N) is 3. The molecular weight excluding hydrogens is 371 g/mol. The number of hydrogen-bond acceptors (Lipinski definition) is 5. The second kappa shape index (κ2) is 6.78. The number of allylic oxidation sites excluding steroid dienone is 2. The van der Waals surface area contributed by atoms with E-state index in [1.165, 1.54) is 18.3 Å². The van der Waals surface area contributed by atoms with E-state index in [1.807, 2.05) is 4.90 Å². The number of alkyl halides is 3. The summed E-state index contributed by atoms with van der Waals surface area (Å²) in [6, 6.07) is 8.39. The molecule has 0 unspecified atom stereocenters. The highest BCUT2D eigenvalue weighted by Gasteiger charge is 2.33. The summed E-state index contributed by atoms with van der Waals surface area (Å²) in [7, 11) is 0. The summed E-state index contributed by atoms with van der Waals surface area (Å²) in [4.78, 5) is 32.6. The second-order valence-corrected chi connectivity index (χ2v) is 6.64. The van der Waals surface area contributed by atoms with E-state index in [1.54, 1.807) is 23.1 Å². The molecule has 4 rings (SSSR count). The number of Topliss-reactive ketones (excluding diaryl/α,β-unsaturated/α-hetero) is 1. The van der Waals surface area contributed by atoms with E-state index < -0.39 is 11.7 Å². The molecule has 0 atom stereocenters. The number of piperazine rings is 1. The first-order chi connectivity index (χ1) is 13.3. The molecule has 1 aliphatic carbocycles. The van der Waals surface area contributed by atoms with Crippen molar-refractivity contribution < 1.29 is 22.8 Å². The molecule has 28 heavy (non-hydrogen) atoms. The van der Waals surface area contributed by atoms with Crippen molar-refractivity contribution in [1.82, 2.24) is 9.88 Å². The summed E-state index contributed by atoms with van der Waals surface area (Å²) in [6.45, 7) is 1.74. The molecule has 5 nitrogen and oxygen atoms in total. The average molecular weight is 387 g/mol. The van der Waals surface area contributed by atoms with Crippen molar-refractivity contribution in [2.45, 2.75) is 6.18 Å². The Morgan fingerprint density at radius 2 is 1.64 bits per heavy atom. The first-order valence-corrected chi connectivity index (χ1v) is 8.77. The lowest BCUT2D eigenvalue weighted by atomic mass is 9.96. The van der Waals surface area contributed by atoms with Crippen molar-refractivity contribution in [2.24, 2.45) is 0 Å². The van der Waals surface area contributed by atoms with Crippen LogP contribution in [0.15, 0.2) is 54.4 Å². The molecule has 8 heteroatoms. The van der Waals surface area contributed by atoms with Crippen molar-refractivity contribution in [1.29, 1.82) is 0 Å². The van der Waals surface area contributed by atoms with Gasteiger partial charge in [-0.3, -0.25) is 14.6 Å². The number of pyridine rings is 1. The number of fused-ring (bicyclic) bond motifs is 1. The van der Waals surface area contributed by atoms with Crippen LogP contribution in [0.25, 0.3) is 0 Å². The van der Waals surface area contributed by atoms with Crippen LogP contribution < -0.4 is 4.90 Å². The summed E-state index contributed by atoms with van der Waals surface area (Å²) < 4.78 is 38.8. The maximum atomic E-state index is 12.9. The molecule has 0 N–H and O–H groups in total. The number of rotatable bonds is 2. The van der Waals surface area contributed by atoms with E-state index in [0.717, 1.165) is 12.1 Å². The van der Waals surface area contributed by atoms with Crippen molar-refractivity contribution in [3.05, 3.63) is 71.2 Å². The van der Waals surface area contributed by atoms with Crippen LogP contribution in [0.2, 0.25) is 0 Å². The summed E-state index contributed by atoms with van der Waals surface area (Å²) in [5.41, 5.74) is 0.551. The highest BCUT2D eigenvalue weighted by Crippen LogP contribution is 2.32. The van der Waals surface area contributed by atoms with Crippen LogP contribution in [0.3, 0.4) is 0 Å². The maximum absolute atomic E-state index is 12.9. The lowest BCUT2D eigenvalue weighted by molar-refractivity contribution is -0.137. The predicted octanol–water partition coefficient (Wildman–Crippen LogP) is 3.19. The van der Waals surface area contributed by atoms with E-state index in [0.29, 0.717) is 37.6 Å². The van der Waals surface area contributed by atoms with Gasteiger partial charge in [0.05, 0.1) is 16.8 Å². The third-order valence-electron chi connectivity index (χ3n) is 4.95. The van der Waals surface area contributed by atoms with Gasteiger partial charge in [0, 0.05) is 44.1 Å². The fraction of sp³-hybridized carbons (Fsp3) is 0.250. The van der Waals surface area contributed by atoms with Crippen molar-refractivity contribution in [3.8, 4) is 0 Å². The molecule has 2 heterocycles. The molecule has 2 aromatic rings. The zero-order chi connectivity index (χ0) is 19.9. The Morgan fingerprint density at radius 3 is 2.36 bits per heavy atom. The Kier molecular flexibility index (Phi) is 4.41. The average Bonchev–Trinajstić information content (AvgIpc) is 2.70. The van der Waals surface area contributed by atoms with Gasteiger partial charge in [-0.05, 0) is 30.3 Å². The molecule has 0 radical (unpaired) electrons.